The Hall–Kier alpha value is -2.44. The molecular weight excluding hydrogens is 403 g/mol. The number of halogens is 2. The molecule has 0 fully saturated rings. The summed E-state index contributed by atoms with van der Waals surface area (Å²) in [6, 6.07) is 10.2. The third-order valence-corrected chi connectivity index (χ3v) is 4.68. The molecule has 1 aliphatic rings. The van der Waals surface area contributed by atoms with Gasteiger partial charge in [0.1, 0.15) is 17.2 Å². The van der Waals surface area contributed by atoms with Crippen molar-refractivity contribution in [1.29, 1.82) is 0 Å². The van der Waals surface area contributed by atoms with E-state index in [1.54, 1.807) is 50.2 Å². The quantitative estimate of drug-likeness (QED) is 0.648. The first-order chi connectivity index (χ1) is 13.3. The van der Waals surface area contributed by atoms with Crippen LogP contribution in [0.15, 0.2) is 36.4 Å². The molecule has 28 heavy (non-hydrogen) atoms. The SMILES string of the molecule is CC1(C)Oc2cccc(NC(=O)CCCOc3ccc(Cl)cc3Cl)c2NC1=O. The molecule has 0 spiro atoms. The molecule has 6 nitrogen and oxygen atoms in total. The van der Waals surface area contributed by atoms with Crippen molar-refractivity contribution in [2.45, 2.75) is 32.3 Å². The van der Waals surface area contributed by atoms with Crippen molar-refractivity contribution in [2.75, 3.05) is 17.2 Å². The lowest BCUT2D eigenvalue weighted by Gasteiger charge is -2.32. The van der Waals surface area contributed by atoms with Gasteiger partial charge in [0.15, 0.2) is 5.60 Å². The largest absolute Gasteiger partial charge is 0.492 e. The van der Waals surface area contributed by atoms with Crippen LogP contribution in [0.3, 0.4) is 0 Å². The molecule has 0 saturated carbocycles. The van der Waals surface area contributed by atoms with Gasteiger partial charge in [-0.15, -0.1) is 0 Å². The minimum Gasteiger partial charge on any atom is -0.492 e. The van der Waals surface area contributed by atoms with E-state index in [9.17, 15) is 9.59 Å². The fraction of sp³-hybridized carbons (Fsp3) is 0.300. The summed E-state index contributed by atoms with van der Waals surface area (Å²) in [7, 11) is 0. The van der Waals surface area contributed by atoms with Gasteiger partial charge in [-0.2, -0.15) is 0 Å². The molecule has 0 aromatic heterocycles. The summed E-state index contributed by atoms with van der Waals surface area (Å²) < 4.78 is 11.3. The molecule has 1 heterocycles. The summed E-state index contributed by atoms with van der Waals surface area (Å²) in [5.74, 6) is 0.572. The van der Waals surface area contributed by atoms with Gasteiger partial charge in [-0.25, -0.2) is 0 Å². The molecule has 0 saturated heterocycles. The highest BCUT2D eigenvalue weighted by atomic mass is 35.5. The number of hydrogen-bond acceptors (Lipinski definition) is 4. The Morgan fingerprint density at radius 2 is 2.04 bits per heavy atom. The van der Waals surface area contributed by atoms with Crippen LogP contribution in [-0.2, 0) is 9.59 Å². The minimum atomic E-state index is -0.962. The zero-order valence-electron chi connectivity index (χ0n) is 15.5. The van der Waals surface area contributed by atoms with Gasteiger partial charge in [0.25, 0.3) is 5.91 Å². The van der Waals surface area contributed by atoms with Crippen molar-refractivity contribution in [1.82, 2.24) is 0 Å². The van der Waals surface area contributed by atoms with Crippen molar-refractivity contribution in [3.05, 3.63) is 46.4 Å². The van der Waals surface area contributed by atoms with Gasteiger partial charge in [-0.3, -0.25) is 9.59 Å². The minimum absolute atomic E-state index is 0.196. The van der Waals surface area contributed by atoms with E-state index in [1.807, 2.05) is 0 Å². The van der Waals surface area contributed by atoms with Gasteiger partial charge in [0.05, 0.1) is 17.3 Å². The van der Waals surface area contributed by atoms with Crippen molar-refractivity contribution >= 4 is 46.4 Å². The third kappa shape index (κ3) is 4.69. The van der Waals surface area contributed by atoms with Gasteiger partial charge in [-0.05, 0) is 50.6 Å². The van der Waals surface area contributed by atoms with Gasteiger partial charge < -0.3 is 20.1 Å². The van der Waals surface area contributed by atoms with E-state index in [-0.39, 0.29) is 18.2 Å². The number of nitrogens with one attached hydrogen (secondary N) is 2. The smallest absolute Gasteiger partial charge is 0.268 e. The topological polar surface area (TPSA) is 76.7 Å². The van der Waals surface area contributed by atoms with E-state index >= 15 is 0 Å². The number of carbonyl (C=O) groups excluding carboxylic acids is 2. The van der Waals surface area contributed by atoms with Crippen LogP contribution in [-0.4, -0.2) is 24.0 Å². The van der Waals surface area contributed by atoms with E-state index in [0.717, 1.165) is 0 Å². The number of hydrogen-bond donors (Lipinski definition) is 2. The Balaban J connectivity index is 1.54. The van der Waals surface area contributed by atoms with Crippen LogP contribution in [0.5, 0.6) is 11.5 Å². The fourth-order valence-electron chi connectivity index (χ4n) is 2.65. The molecule has 2 aromatic rings. The third-order valence-electron chi connectivity index (χ3n) is 4.15. The van der Waals surface area contributed by atoms with Gasteiger partial charge >= 0.3 is 0 Å². The van der Waals surface area contributed by atoms with E-state index in [0.29, 0.717) is 45.9 Å². The van der Waals surface area contributed by atoms with Crippen LogP contribution in [0, 0.1) is 0 Å². The van der Waals surface area contributed by atoms with E-state index in [2.05, 4.69) is 10.6 Å². The lowest BCUT2D eigenvalue weighted by Crippen LogP contribution is -2.45. The van der Waals surface area contributed by atoms with Crippen LogP contribution >= 0.6 is 23.2 Å². The number of anilines is 2. The molecule has 0 atom stereocenters. The molecule has 3 rings (SSSR count). The highest BCUT2D eigenvalue weighted by Crippen LogP contribution is 2.39. The summed E-state index contributed by atoms with van der Waals surface area (Å²) in [4.78, 5) is 24.4. The number of carbonyl (C=O) groups is 2. The molecule has 0 radical (unpaired) electrons. The number of para-hydroxylation sites is 1. The van der Waals surface area contributed by atoms with Crippen molar-refractivity contribution in [2.24, 2.45) is 0 Å². The van der Waals surface area contributed by atoms with Gasteiger partial charge in [-0.1, -0.05) is 29.3 Å². The van der Waals surface area contributed by atoms with Crippen LogP contribution in [0.2, 0.25) is 10.0 Å². The van der Waals surface area contributed by atoms with Crippen LogP contribution < -0.4 is 20.1 Å². The molecule has 148 valence electrons. The zero-order chi connectivity index (χ0) is 20.3. The second-order valence-corrected chi connectivity index (χ2v) is 7.66. The Labute approximate surface area is 173 Å². The lowest BCUT2D eigenvalue weighted by molar-refractivity contribution is -0.129. The maximum atomic E-state index is 12.3. The predicted molar refractivity (Wildman–Crippen MR) is 110 cm³/mol. The Bertz CT molecular complexity index is 915. The Morgan fingerprint density at radius 3 is 2.79 bits per heavy atom. The molecule has 2 amide bonds. The number of benzene rings is 2. The summed E-state index contributed by atoms with van der Waals surface area (Å²) >= 11 is 11.9. The standard InChI is InChI=1S/C20H20Cl2N2O4/c1-20(2)19(26)24-18-14(5-3-6-16(18)28-20)23-17(25)7-4-10-27-15-9-8-12(21)11-13(15)22/h3,5-6,8-9,11H,4,7,10H2,1-2H3,(H,23,25)(H,24,26). The lowest BCUT2D eigenvalue weighted by atomic mass is 10.1. The Morgan fingerprint density at radius 1 is 1.25 bits per heavy atom. The molecule has 1 aliphatic heterocycles. The molecule has 2 aromatic carbocycles. The van der Waals surface area contributed by atoms with E-state index in [4.69, 9.17) is 32.7 Å². The summed E-state index contributed by atoms with van der Waals surface area (Å²) in [5.41, 5.74) is -0.00648. The van der Waals surface area contributed by atoms with Gasteiger partial charge in [0, 0.05) is 11.4 Å². The van der Waals surface area contributed by atoms with E-state index in [1.165, 1.54) is 0 Å². The molecular formula is C20H20Cl2N2O4. The number of fused-ring (bicyclic) bond motifs is 1. The average molecular weight is 423 g/mol. The molecule has 2 N–H and O–H groups in total. The summed E-state index contributed by atoms with van der Waals surface area (Å²) in [6.07, 6.45) is 0.741. The first kappa shape index (κ1) is 20.3. The van der Waals surface area contributed by atoms with Crippen LogP contribution in [0.1, 0.15) is 26.7 Å². The first-order valence-electron chi connectivity index (χ1n) is 8.77. The van der Waals surface area contributed by atoms with Crippen molar-refractivity contribution in [3.8, 4) is 11.5 Å². The number of ether oxygens (including phenoxy) is 2. The highest BCUT2D eigenvalue weighted by Gasteiger charge is 2.36. The zero-order valence-corrected chi connectivity index (χ0v) is 17.0. The molecule has 0 unspecified atom stereocenters. The molecule has 0 bridgehead atoms. The predicted octanol–water partition coefficient (Wildman–Crippen LogP) is 4.90. The summed E-state index contributed by atoms with van der Waals surface area (Å²) in [5, 5.41) is 6.55. The molecule has 8 heteroatoms. The monoisotopic (exact) mass is 422 g/mol. The fourth-order valence-corrected chi connectivity index (χ4v) is 3.12. The van der Waals surface area contributed by atoms with E-state index < -0.39 is 5.60 Å². The van der Waals surface area contributed by atoms with Gasteiger partial charge in [0.2, 0.25) is 5.91 Å². The number of amides is 2. The second kappa shape index (κ2) is 8.29. The van der Waals surface area contributed by atoms with Crippen molar-refractivity contribution < 1.29 is 19.1 Å². The normalized spacial score (nSPS) is 14.5. The maximum Gasteiger partial charge on any atom is 0.268 e. The van der Waals surface area contributed by atoms with Crippen LogP contribution in [0.25, 0.3) is 0 Å². The van der Waals surface area contributed by atoms with Crippen molar-refractivity contribution in [3.63, 3.8) is 0 Å². The Kier molecular flexibility index (Phi) is 6.01. The summed E-state index contributed by atoms with van der Waals surface area (Å²) in [6.45, 7) is 3.70. The second-order valence-electron chi connectivity index (χ2n) is 6.82. The maximum absolute atomic E-state index is 12.3. The first-order valence-corrected chi connectivity index (χ1v) is 9.53. The van der Waals surface area contributed by atoms with Crippen LogP contribution in [0.4, 0.5) is 11.4 Å². The highest BCUT2D eigenvalue weighted by molar-refractivity contribution is 6.35. The average Bonchev–Trinajstić information content (AvgIpc) is 2.61. The number of rotatable bonds is 6. The molecule has 0 aliphatic carbocycles.